The van der Waals surface area contributed by atoms with E-state index in [2.05, 4.69) is 45.2 Å². The summed E-state index contributed by atoms with van der Waals surface area (Å²) in [6.45, 7) is 4.19. The zero-order valence-electron chi connectivity index (χ0n) is 15.8. The lowest BCUT2D eigenvalue weighted by atomic mass is 9.95. The molecule has 0 heterocycles. The Morgan fingerprint density at radius 1 is 1.12 bits per heavy atom. The first kappa shape index (κ1) is 22.7. The molecule has 0 saturated heterocycles. The van der Waals surface area contributed by atoms with Crippen molar-refractivity contribution in [2.75, 3.05) is 19.6 Å². The van der Waals surface area contributed by atoms with Gasteiger partial charge in [-0.1, -0.05) is 49.6 Å². The second kappa shape index (κ2) is 13.8. The van der Waals surface area contributed by atoms with E-state index in [1.807, 2.05) is 13.0 Å². The Balaban J connectivity index is 0.00000338. The number of nitrogens with one attached hydrogen (secondary N) is 3. The normalized spacial score (nSPS) is 15.0. The number of carbonyl (C=O) groups is 1. The average molecular weight is 472 g/mol. The number of guanidine groups is 1. The number of nitrogens with zero attached hydrogens (tertiary/aromatic N) is 1. The maximum absolute atomic E-state index is 12.0. The highest BCUT2D eigenvalue weighted by atomic mass is 127. The maximum Gasteiger partial charge on any atom is 0.222 e. The molecule has 0 unspecified atom stereocenters. The van der Waals surface area contributed by atoms with Gasteiger partial charge in [-0.15, -0.1) is 24.0 Å². The van der Waals surface area contributed by atoms with E-state index in [0.29, 0.717) is 19.0 Å². The van der Waals surface area contributed by atoms with Gasteiger partial charge >= 0.3 is 0 Å². The van der Waals surface area contributed by atoms with Gasteiger partial charge in [-0.2, -0.15) is 0 Å². The standard InChI is InChI=1S/C20H32N4O.HI/c1-2-21-20(22-15-13-17-9-5-3-6-10-17)23-16-14-19(25)24-18-11-7-4-8-12-18;/h3,5-6,9-10,18H,2,4,7-8,11-16H2,1H3,(H,24,25)(H2,21,22,23);1H. The smallest absolute Gasteiger partial charge is 0.222 e. The van der Waals surface area contributed by atoms with E-state index in [4.69, 9.17) is 0 Å². The molecule has 0 bridgehead atoms. The SMILES string of the molecule is CCNC(=NCCC(=O)NC1CCCCC1)NCCc1ccccc1.I. The molecule has 6 heteroatoms. The average Bonchev–Trinajstić information content (AvgIpc) is 2.63. The first-order chi connectivity index (χ1) is 12.3. The van der Waals surface area contributed by atoms with Crippen molar-refractivity contribution < 1.29 is 4.79 Å². The van der Waals surface area contributed by atoms with Crippen LogP contribution in [0.25, 0.3) is 0 Å². The van der Waals surface area contributed by atoms with Gasteiger partial charge in [-0.05, 0) is 31.7 Å². The molecule has 0 atom stereocenters. The summed E-state index contributed by atoms with van der Waals surface area (Å²) in [5.41, 5.74) is 1.30. The van der Waals surface area contributed by atoms with Crippen LogP contribution in [-0.4, -0.2) is 37.5 Å². The van der Waals surface area contributed by atoms with Gasteiger partial charge in [0.15, 0.2) is 5.96 Å². The Morgan fingerprint density at radius 3 is 2.54 bits per heavy atom. The minimum atomic E-state index is 0. The number of amides is 1. The molecular formula is C20H33IN4O. The lowest BCUT2D eigenvalue weighted by Gasteiger charge is -2.22. The molecule has 2 rings (SSSR count). The molecule has 0 aliphatic heterocycles. The molecule has 1 fully saturated rings. The Kier molecular flexibility index (Phi) is 12.1. The molecule has 1 saturated carbocycles. The zero-order chi connectivity index (χ0) is 17.7. The molecule has 0 spiro atoms. The summed E-state index contributed by atoms with van der Waals surface area (Å²) in [6.07, 6.45) is 7.42. The van der Waals surface area contributed by atoms with E-state index >= 15 is 0 Å². The summed E-state index contributed by atoms with van der Waals surface area (Å²) >= 11 is 0. The minimum absolute atomic E-state index is 0. The van der Waals surface area contributed by atoms with Crippen molar-refractivity contribution in [2.24, 2.45) is 4.99 Å². The molecule has 146 valence electrons. The third kappa shape index (κ3) is 9.40. The van der Waals surface area contributed by atoms with E-state index in [-0.39, 0.29) is 29.9 Å². The number of hydrogen-bond acceptors (Lipinski definition) is 2. The molecular weight excluding hydrogens is 439 g/mol. The van der Waals surface area contributed by atoms with Crippen LogP contribution in [0.4, 0.5) is 0 Å². The van der Waals surface area contributed by atoms with Gasteiger partial charge < -0.3 is 16.0 Å². The fourth-order valence-electron chi connectivity index (χ4n) is 3.13. The van der Waals surface area contributed by atoms with E-state index < -0.39 is 0 Å². The lowest BCUT2D eigenvalue weighted by Crippen LogP contribution is -2.39. The topological polar surface area (TPSA) is 65.5 Å². The van der Waals surface area contributed by atoms with Gasteiger partial charge in [-0.25, -0.2) is 0 Å². The number of hydrogen-bond donors (Lipinski definition) is 3. The third-order valence-electron chi connectivity index (χ3n) is 4.47. The molecule has 1 amide bonds. The molecule has 1 aromatic rings. The van der Waals surface area contributed by atoms with E-state index in [1.54, 1.807) is 0 Å². The molecule has 0 aromatic heterocycles. The van der Waals surface area contributed by atoms with Crippen molar-refractivity contribution in [2.45, 2.75) is 57.9 Å². The van der Waals surface area contributed by atoms with Gasteiger partial charge in [0.25, 0.3) is 0 Å². The van der Waals surface area contributed by atoms with Crippen LogP contribution in [-0.2, 0) is 11.2 Å². The number of rotatable bonds is 8. The second-order valence-electron chi connectivity index (χ2n) is 6.58. The van der Waals surface area contributed by atoms with Crippen molar-refractivity contribution in [3.05, 3.63) is 35.9 Å². The Bertz CT molecular complexity index is 530. The van der Waals surface area contributed by atoms with Gasteiger partial charge in [0.1, 0.15) is 0 Å². The van der Waals surface area contributed by atoms with Gasteiger partial charge in [0.05, 0.1) is 6.54 Å². The first-order valence-electron chi connectivity index (χ1n) is 9.63. The molecule has 0 radical (unpaired) electrons. The van der Waals surface area contributed by atoms with Crippen LogP contribution in [0.1, 0.15) is 51.0 Å². The van der Waals surface area contributed by atoms with E-state index in [1.165, 1.54) is 24.8 Å². The Morgan fingerprint density at radius 2 is 1.85 bits per heavy atom. The molecule has 26 heavy (non-hydrogen) atoms. The Labute approximate surface area is 174 Å². The third-order valence-corrected chi connectivity index (χ3v) is 4.47. The van der Waals surface area contributed by atoms with Crippen LogP contribution in [0, 0.1) is 0 Å². The highest BCUT2D eigenvalue weighted by Crippen LogP contribution is 2.17. The molecule has 5 nitrogen and oxygen atoms in total. The number of aliphatic imine (C=N–C) groups is 1. The highest BCUT2D eigenvalue weighted by molar-refractivity contribution is 14.0. The van der Waals surface area contributed by atoms with Crippen LogP contribution in [0.3, 0.4) is 0 Å². The fraction of sp³-hybridized carbons (Fsp3) is 0.600. The summed E-state index contributed by atoms with van der Waals surface area (Å²) in [7, 11) is 0. The van der Waals surface area contributed by atoms with Crippen molar-refractivity contribution >= 4 is 35.8 Å². The number of carbonyl (C=O) groups excluding carboxylic acids is 1. The molecule has 3 N–H and O–H groups in total. The van der Waals surface area contributed by atoms with Crippen molar-refractivity contribution in [3.63, 3.8) is 0 Å². The quantitative estimate of drug-likeness (QED) is 0.309. The zero-order valence-corrected chi connectivity index (χ0v) is 18.1. The maximum atomic E-state index is 12.0. The van der Waals surface area contributed by atoms with Crippen LogP contribution in [0.5, 0.6) is 0 Å². The van der Waals surface area contributed by atoms with Crippen LogP contribution in [0.2, 0.25) is 0 Å². The fourth-order valence-corrected chi connectivity index (χ4v) is 3.13. The van der Waals surface area contributed by atoms with Gasteiger partial charge in [-0.3, -0.25) is 9.79 Å². The molecule has 1 aromatic carbocycles. The number of benzene rings is 1. The summed E-state index contributed by atoms with van der Waals surface area (Å²) in [5.74, 6) is 0.902. The summed E-state index contributed by atoms with van der Waals surface area (Å²) in [5, 5.41) is 9.70. The van der Waals surface area contributed by atoms with Crippen LogP contribution in [0.15, 0.2) is 35.3 Å². The first-order valence-corrected chi connectivity index (χ1v) is 9.63. The van der Waals surface area contributed by atoms with Crippen LogP contribution >= 0.6 is 24.0 Å². The minimum Gasteiger partial charge on any atom is -0.357 e. The predicted molar refractivity (Wildman–Crippen MR) is 119 cm³/mol. The highest BCUT2D eigenvalue weighted by Gasteiger charge is 2.15. The Hall–Kier alpha value is -1.31. The summed E-state index contributed by atoms with van der Waals surface area (Å²) < 4.78 is 0. The predicted octanol–water partition coefficient (Wildman–Crippen LogP) is 3.24. The monoisotopic (exact) mass is 472 g/mol. The van der Waals surface area contributed by atoms with Gasteiger partial charge in [0.2, 0.25) is 5.91 Å². The molecule has 1 aliphatic rings. The van der Waals surface area contributed by atoms with Gasteiger partial charge in [0, 0.05) is 25.6 Å². The number of halogens is 1. The molecule has 1 aliphatic carbocycles. The van der Waals surface area contributed by atoms with Crippen molar-refractivity contribution in [3.8, 4) is 0 Å². The van der Waals surface area contributed by atoms with Crippen LogP contribution < -0.4 is 16.0 Å². The lowest BCUT2D eigenvalue weighted by molar-refractivity contribution is -0.121. The van der Waals surface area contributed by atoms with Crippen molar-refractivity contribution in [1.29, 1.82) is 0 Å². The largest absolute Gasteiger partial charge is 0.357 e. The van der Waals surface area contributed by atoms with E-state index in [9.17, 15) is 4.79 Å². The summed E-state index contributed by atoms with van der Waals surface area (Å²) in [6, 6.07) is 10.8. The van der Waals surface area contributed by atoms with E-state index in [0.717, 1.165) is 38.3 Å². The second-order valence-corrected chi connectivity index (χ2v) is 6.58. The summed E-state index contributed by atoms with van der Waals surface area (Å²) in [4.78, 5) is 16.5. The van der Waals surface area contributed by atoms with Crippen molar-refractivity contribution in [1.82, 2.24) is 16.0 Å².